The summed E-state index contributed by atoms with van der Waals surface area (Å²) >= 11 is 0. The smallest absolute Gasteiger partial charge is 0.348 e. The van der Waals surface area contributed by atoms with E-state index in [1.807, 2.05) is 13.0 Å². The molecule has 1 N–H and O–H groups in total. The normalized spacial score (nSPS) is 15.1. The van der Waals surface area contributed by atoms with Crippen LogP contribution in [-0.4, -0.2) is 22.0 Å². The van der Waals surface area contributed by atoms with Crippen molar-refractivity contribution >= 4 is 5.91 Å². The molecule has 5 nitrogen and oxygen atoms in total. The van der Waals surface area contributed by atoms with Crippen molar-refractivity contribution in [1.29, 1.82) is 0 Å². The predicted octanol–water partition coefficient (Wildman–Crippen LogP) is 1.85. The molecule has 2 aromatic rings. The minimum Gasteiger partial charge on any atom is -0.354 e. The Morgan fingerprint density at radius 1 is 1.29 bits per heavy atom. The molecule has 1 heterocycles. The number of aromatic nitrogens is 2. The first-order valence-electron chi connectivity index (χ1n) is 8.02. The minimum absolute atomic E-state index is 0.0696. The zero-order chi connectivity index (χ0) is 17.3. The number of hydrogen-bond donors (Lipinski definition) is 1. The number of halogens is 1. The molecule has 0 spiro atoms. The topological polar surface area (TPSA) is 64.0 Å². The molecule has 24 heavy (non-hydrogen) atoms. The van der Waals surface area contributed by atoms with E-state index >= 15 is 0 Å². The fourth-order valence-corrected chi connectivity index (χ4v) is 3.04. The Bertz CT molecular complexity index is 823. The van der Waals surface area contributed by atoms with Gasteiger partial charge in [-0.15, -0.1) is 0 Å². The van der Waals surface area contributed by atoms with Gasteiger partial charge < -0.3 is 5.32 Å². The van der Waals surface area contributed by atoms with E-state index in [0.717, 1.165) is 24.1 Å². The molecule has 1 fully saturated rings. The van der Waals surface area contributed by atoms with Gasteiger partial charge in [0.15, 0.2) is 0 Å². The maximum absolute atomic E-state index is 13.1. The van der Waals surface area contributed by atoms with Crippen molar-refractivity contribution in [1.82, 2.24) is 14.9 Å². The number of benzene rings is 1. The second-order valence-corrected chi connectivity index (χ2v) is 6.32. The average molecular weight is 329 g/mol. The molecular formula is C18H20FN3O2. The van der Waals surface area contributed by atoms with Crippen LogP contribution in [-0.2, 0) is 16.8 Å². The summed E-state index contributed by atoms with van der Waals surface area (Å²) < 4.78 is 14.6. The number of nitrogens with one attached hydrogen (secondary N) is 1. The predicted molar refractivity (Wildman–Crippen MR) is 88.3 cm³/mol. The van der Waals surface area contributed by atoms with Gasteiger partial charge in [-0.25, -0.2) is 9.18 Å². The highest BCUT2D eigenvalue weighted by molar-refractivity contribution is 5.91. The maximum atomic E-state index is 13.1. The molecule has 0 radical (unpaired) electrons. The number of amides is 1. The molecule has 1 saturated carbocycles. The average Bonchev–Trinajstić information content (AvgIpc) is 3.32. The third-order valence-electron chi connectivity index (χ3n) is 4.55. The number of rotatable bonds is 5. The van der Waals surface area contributed by atoms with Crippen LogP contribution in [0.2, 0.25) is 0 Å². The van der Waals surface area contributed by atoms with Crippen molar-refractivity contribution in [2.45, 2.75) is 38.6 Å². The van der Waals surface area contributed by atoms with Gasteiger partial charge in [-0.05, 0) is 50.5 Å². The van der Waals surface area contributed by atoms with Gasteiger partial charge in [-0.1, -0.05) is 12.1 Å². The number of carbonyl (C=O) groups excluding carboxylic acids is 1. The fraction of sp³-hybridized carbons (Fsp3) is 0.389. The fourth-order valence-electron chi connectivity index (χ4n) is 3.04. The van der Waals surface area contributed by atoms with Gasteiger partial charge in [0, 0.05) is 24.5 Å². The van der Waals surface area contributed by atoms with Crippen LogP contribution in [0.25, 0.3) is 0 Å². The summed E-state index contributed by atoms with van der Waals surface area (Å²) in [6.07, 6.45) is 1.52. The van der Waals surface area contributed by atoms with E-state index in [-0.39, 0.29) is 17.4 Å². The monoisotopic (exact) mass is 329 g/mol. The molecule has 1 aromatic heterocycles. The van der Waals surface area contributed by atoms with E-state index in [9.17, 15) is 14.0 Å². The Kier molecular flexibility index (Phi) is 4.22. The number of carbonyl (C=O) groups is 1. The van der Waals surface area contributed by atoms with Crippen molar-refractivity contribution in [3.05, 3.63) is 63.6 Å². The quantitative estimate of drug-likeness (QED) is 0.910. The van der Waals surface area contributed by atoms with E-state index in [4.69, 9.17) is 0 Å². The summed E-state index contributed by atoms with van der Waals surface area (Å²) in [6, 6.07) is 7.93. The third kappa shape index (κ3) is 3.09. The molecular weight excluding hydrogens is 309 g/mol. The van der Waals surface area contributed by atoms with Crippen molar-refractivity contribution in [2.24, 2.45) is 0 Å². The summed E-state index contributed by atoms with van der Waals surface area (Å²) in [4.78, 5) is 28.3. The Balaban J connectivity index is 1.64. The highest BCUT2D eigenvalue weighted by Gasteiger charge is 2.50. The molecule has 0 saturated heterocycles. The van der Waals surface area contributed by atoms with Crippen LogP contribution < -0.4 is 11.0 Å². The summed E-state index contributed by atoms with van der Waals surface area (Å²) in [5, 5.41) is 2.90. The highest BCUT2D eigenvalue weighted by Crippen LogP contribution is 2.48. The summed E-state index contributed by atoms with van der Waals surface area (Å²) in [5.74, 6) is -0.378. The molecule has 0 unspecified atom stereocenters. The first-order chi connectivity index (χ1) is 11.4. The van der Waals surface area contributed by atoms with Crippen LogP contribution in [0.1, 0.15) is 29.8 Å². The van der Waals surface area contributed by atoms with E-state index < -0.39 is 5.41 Å². The van der Waals surface area contributed by atoms with Crippen LogP contribution in [0.5, 0.6) is 0 Å². The van der Waals surface area contributed by atoms with Crippen molar-refractivity contribution in [2.75, 3.05) is 6.54 Å². The largest absolute Gasteiger partial charge is 0.354 e. The Morgan fingerprint density at radius 2 is 1.96 bits per heavy atom. The first kappa shape index (κ1) is 16.4. The molecule has 6 heteroatoms. The standard InChI is InChI=1S/C18H20FN3O2/c1-12-11-13(2)22(17(24)21-12)10-9-20-16(23)18(7-8-18)14-3-5-15(19)6-4-14/h3-6,11H,7-10H2,1-2H3,(H,20,23). The van der Waals surface area contributed by atoms with Gasteiger partial charge in [-0.3, -0.25) is 9.36 Å². The van der Waals surface area contributed by atoms with Crippen molar-refractivity contribution in [3.63, 3.8) is 0 Å². The van der Waals surface area contributed by atoms with Gasteiger partial charge in [0.2, 0.25) is 5.91 Å². The zero-order valence-corrected chi connectivity index (χ0v) is 13.8. The summed E-state index contributed by atoms with van der Waals surface area (Å²) in [7, 11) is 0. The second-order valence-electron chi connectivity index (χ2n) is 6.32. The van der Waals surface area contributed by atoms with Gasteiger partial charge in [0.05, 0.1) is 5.41 Å². The second kappa shape index (κ2) is 6.19. The zero-order valence-electron chi connectivity index (χ0n) is 13.8. The van der Waals surface area contributed by atoms with Crippen LogP contribution in [0.15, 0.2) is 35.1 Å². The lowest BCUT2D eigenvalue weighted by Crippen LogP contribution is -2.38. The lowest BCUT2D eigenvalue weighted by atomic mass is 9.95. The van der Waals surface area contributed by atoms with Crippen LogP contribution in [0.4, 0.5) is 4.39 Å². The van der Waals surface area contributed by atoms with E-state index in [1.54, 1.807) is 23.6 Å². The number of hydrogen-bond acceptors (Lipinski definition) is 3. The Labute approximate surface area is 139 Å². The summed E-state index contributed by atoms with van der Waals surface area (Å²) in [5.41, 5.74) is 1.50. The van der Waals surface area contributed by atoms with Crippen molar-refractivity contribution < 1.29 is 9.18 Å². The van der Waals surface area contributed by atoms with E-state index in [1.165, 1.54) is 12.1 Å². The van der Waals surface area contributed by atoms with E-state index in [0.29, 0.717) is 18.8 Å². The van der Waals surface area contributed by atoms with Gasteiger partial charge in [0.25, 0.3) is 0 Å². The molecule has 126 valence electrons. The van der Waals surface area contributed by atoms with E-state index in [2.05, 4.69) is 10.3 Å². The summed E-state index contributed by atoms with van der Waals surface area (Å²) in [6.45, 7) is 4.36. The van der Waals surface area contributed by atoms with Gasteiger partial charge >= 0.3 is 5.69 Å². The number of nitrogens with zero attached hydrogens (tertiary/aromatic N) is 2. The van der Waals surface area contributed by atoms with Crippen LogP contribution in [0, 0.1) is 19.7 Å². The van der Waals surface area contributed by atoms with Gasteiger partial charge in [-0.2, -0.15) is 4.98 Å². The van der Waals surface area contributed by atoms with Gasteiger partial charge in [0.1, 0.15) is 5.82 Å². The minimum atomic E-state index is -0.542. The molecule has 1 aliphatic carbocycles. The maximum Gasteiger partial charge on any atom is 0.348 e. The van der Waals surface area contributed by atoms with Crippen LogP contribution in [0.3, 0.4) is 0 Å². The molecule has 0 aliphatic heterocycles. The lowest BCUT2D eigenvalue weighted by Gasteiger charge is -2.16. The lowest BCUT2D eigenvalue weighted by molar-refractivity contribution is -0.123. The first-order valence-corrected chi connectivity index (χ1v) is 8.02. The highest BCUT2D eigenvalue weighted by atomic mass is 19.1. The molecule has 0 bridgehead atoms. The molecule has 1 amide bonds. The number of aryl methyl sites for hydroxylation is 2. The molecule has 0 atom stereocenters. The SMILES string of the molecule is Cc1cc(C)n(CCNC(=O)C2(c3ccc(F)cc3)CC2)c(=O)n1. The molecule has 1 aliphatic rings. The molecule has 1 aromatic carbocycles. The van der Waals surface area contributed by atoms with Crippen LogP contribution >= 0.6 is 0 Å². The molecule has 3 rings (SSSR count). The third-order valence-corrected chi connectivity index (χ3v) is 4.55. The Morgan fingerprint density at radius 3 is 2.54 bits per heavy atom. The Hall–Kier alpha value is -2.50. The van der Waals surface area contributed by atoms with Crippen molar-refractivity contribution in [3.8, 4) is 0 Å².